The zero-order valence-corrected chi connectivity index (χ0v) is 6.57. The number of rotatable bonds is 1. The fourth-order valence-electron chi connectivity index (χ4n) is 0.175. The van der Waals surface area contributed by atoms with Crippen LogP contribution in [0.5, 0.6) is 0 Å². The van der Waals surface area contributed by atoms with Crippen LogP contribution in [0, 0.1) is 0 Å². The fourth-order valence-corrected chi connectivity index (χ4v) is 0.175. The van der Waals surface area contributed by atoms with Crippen LogP contribution in [-0.4, -0.2) is 28.6 Å². The second-order valence-electron chi connectivity index (χ2n) is 2.32. The predicted octanol–water partition coefficient (Wildman–Crippen LogP) is 0.371. The first-order valence-electron chi connectivity index (χ1n) is 3.17. The van der Waals surface area contributed by atoms with E-state index in [1.54, 1.807) is 0 Å². The van der Waals surface area contributed by atoms with Gasteiger partial charge >= 0.3 is 5.97 Å². The molecule has 0 aliphatic carbocycles. The lowest BCUT2D eigenvalue weighted by atomic mass is 10.4. The van der Waals surface area contributed by atoms with Crippen LogP contribution >= 0.6 is 0 Å². The van der Waals surface area contributed by atoms with Crippen molar-refractivity contribution < 1.29 is 19.7 Å². The molecule has 0 aromatic carbocycles. The number of aliphatic hydroxyl groups is 1. The molecule has 1 aliphatic rings. The fraction of sp³-hybridized carbons (Fsp3) is 0.571. The molecule has 1 fully saturated rings. The van der Waals surface area contributed by atoms with E-state index in [9.17, 15) is 4.79 Å². The van der Waals surface area contributed by atoms with Gasteiger partial charge in [0.2, 0.25) is 0 Å². The van der Waals surface area contributed by atoms with E-state index in [1.807, 2.05) is 6.92 Å². The first-order valence-corrected chi connectivity index (χ1v) is 3.17. The number of epoxide rings is 1. The van der Waals surface area contributed by atoms with Gasteiger partial charge in [-0.15, -0.1) is 0 Å². The molecule has 0 saturated carbocycles. The predicted molar refractivity (Wildman–Crippen MR) is 39.0 cm³/mol. The van der Waals surface area contributed by atoms with Crippen LogP contribution < -0.4 is 0 Å². The maximum absolute atomic E-state index is 9.60. The Kier molecular flexibility index (Phi) is 3.78. The Hall–Kier alpha value is -0.870. The van der Waals surface area contributed by atoms with Gasteiger partial charge in [-0.05, 0) is 13.8 Å². The van der Waals surface area contributed by atoms with Gasteiger partial charge in [-0.3, -0.25) is 0 Å². The Bertz CT molecular complexity index is 146. The van der Waals surface area contributed by atoms with Crippen LogP contribution in [0.1, 0.15) is 13.8 Å². The van der Waals surface area contributed by atoms with Gasteiger partial charge in [0.25, 0.3) is 0 Å². The topological polar surface area (TPSA) is 70.1 Å². The van der Waals surface area contributed by atoms with Gasteiger partial charge in [-0.2, -0.15) is 0 Å². The van der Waals surface area contributed by atoms with Gasteiger partial charge in [0.1, 0.15) is 6.10 Å². The number of carbonyl (C=O) groups is 1. The molecular formula is C7H12O4. The summed E-state index contributed by atoms with van der Waals surface area (Å²) >= 11 is 0. The number of ether oxygens (including phenoxy) is 1. The van der Waals surface area contributed by atoms with E-state index in [0.717, 1.165) is 0 Å². The normalized spacial score (nSPS) is 26.5. The first kappa shape index (κ1) is 10.1. The summed E-state index contributed by atoms with van der Waals surface area (Å²) in [5.74, 6) is -0.935. The molecule has 1 heterocycles. The minimum absolute atomic E-state index is 0.106. The monoisotopic (exact) mass is 160 g/mol. The molecule has 64 valence electrons. The van der Waals surface area contributed by atoms with Crippen molar-refractivity contribution in [3.05, 3.63) is 12.2 Å². The summed E-state index contributed by atoms with van der Waals surface area (Å²) in [6, 6.07) is 0. The minimum atomic E-state index is -0.935. The molecular weight excluding hydrogens is 148 g/mol. The van der Waals surface area contributed by atoms with E-state index in [-0.39, 0.29) is 11.7 Å². The van der Waals surface area contributed by atoms with Crippen molar-refractivity contribution in [3.8, 4) is 0 Å². The standard InChI is InChI=1S/C4H6O2.C3H6O2/c1-3(2)4(5)6;1-2-3(4)5-2/h1H2,2H3,(H,5,6);2-4H,1H3. The van der Waals surface area contributed by atoms with Crippen LogP contribution in [-0.2, 0) is 9.53 Å². The third-order valence-electron chi connectivity index (χ3n) is 1.04. The second-order valence-corrected chi connectivity index (χ2v) is 2.32. The number of aliphatic carboxylic acids is 1. The first-order chi connectivity index (χ1) is 4.95. The summed E-state index contributed by atoms with van der Waals surface area (Å²) in [6.45, 7) is 6.43. The van der Waals surface area contributed by atoms with E-state index in [2.05, 4.69) is 11.3 Å². The maximum atomic E-state index is 9.60. The molecule has 0 spiro atoms. The van der Waals surface area contributed by atoms with Crippen molar-refractivity contribution in [2.75, 3.05) is 0 Å². The van der Waals surface area contributed by atoms with E-state index in [0.29, 0.717) is 0 Å². The molecule has 1 aliphatic heterocycles. The van der Waals surface area contributed by atoms with Gasteiger partial charge < -0.3 is 14.9 Å². The Morgan fingerprint density at radius 2 is 1.82 bits per heavy atom. The lowest BCUT2D eigenvalue weighted by Gasteiger charge is -1.79. The molecule has 0 aromatic rings. The smallest absolute Gasteiger partial charge is 0.330 e. The molecule has 0 aromatic heterocycles. The van der Waals surface area contributed by atoms with Crippen molar-refractivity contribution >= 4 is 5.97 Å². The van der Waals surface area contributed by atoms with E-state index < -0.39 is 12.3 Å². The second kappa shape index (κ2) is 4.10. The third kappa shape index (κ3) is 5.57. The van der Waals surface area contributed by atoms with Crippen LogP contribution in [0.2, 0.25) is 0 Å². The Morgan fingerprint density at radius 1 is 1.64 bits per heavy atom. The van der Waals surface area contributed by atoms with Crippen molar-refractivity contribution in [3.63, 3.8) is 0 Å². The van der Waals surface area contributed by atoms with Gasteiger partial charge in [-0.25, -0.2) is 4.79 Å². The SMILES string of the molecule is C=C(C)C(=O)O.CC1OC1O. The average Bonchev–Trinajstić information content (AvgIpc) is 2.46. The molecule has 1 saturated heterocycles. The summed E-state index contributed by atoms with van der Waals surface area (Å²) in [5, 5.41) is 16.1. The number of aliphatic hydroxyl groups excluding tert-OH is 1. The van der Waals surface area contributed by atoms with Gasteiger partial charge in [0, 0.05) is 5.57 Å². The molecule has 1 rings (SSSR count). The summed E-state index contributed by atoms with van der Waals surface area (Å²) in [7, 11) is 0. The number of carboxylic acid groups (broad SMARTS) is 1. The molecule has 4 heteroatoms. The molecule has 0 amide bonds. The van der Waals surface area contributed by atoms with Crippen molar-refractivity contribution in [2.24, 2.45) is 0 Å². The van der Waals surface area contributed by atoms with E-state index >= 15 is 0 Å². The Balaban J connectivity index is 0.000000183. The average molecular weight is 160 g/mol. The molecule has 0 radical (unpaired) electrons. The highest BCUT2D eigenvalue weighted by Crippen LogP contribution is 2.15. The van der Waals surface area contributed by atoms with Crippen LogP contribution in [0.15, 0.2) is 12.2 Å². The minimum Gasteiger partial charge on any atom is -0.478 e. The Labute approximate surface area is 65.1 Å². The van der Waals surface area contributed by atoms with Crippen molar-refractivity contribution in [1.82, 2.24) is 0 Å². The zero-order valence-electron chi connectivity index (χ0n) is 6.57. The highest BCUT2D eigenvalue weighted by atomic mass is 16.7. The number of hydrogen-bond donors (Lipinski definition) is 2. The largest absolute Gasteiger partial charge is 0.478 e. The van der Waals surface area contributed by atoms with Gasteiger partial charge in [0.05, 0.1) is 0 Å². The lowest BCUT2D eigenvalue weighted by molar-refractivity contribution is -0.132. The summed E-state index contributed by atoms with van der Waals surface area (Å²) in [5.41, 5.74) is 0.176. The summed E-state index contributed by atoms with van der Waals surface area (Å²) < 4.78 is 4.47. The molecule has 4 nitrogen and oxygen atoms in total. The van der Waals surface area contributed by atoms with E-state index in [1.165, 1.54) is 6.92 Å². The molecule has 2 N–H and O–H groups in total. The number of carboxylic acids is 1. The lowest BCUT2D eigenvalue weighted by Crippen LogP contribution is -1.92. The maximum Gasteiger partial charge on any atom is 0.330 e. The van der Waals surface area contributed by atoms with E-state index in [4.69, 9.17) is 10.2 Å². The highest BCUT2D eigenvalue weighted by Gasteiger charge is 2.30. The van der Waals surface area contributed by atoms with Crippen molar-refractivity contribution in [1.29, 1.82) is 0 Å². The Morgan fingerprint density at radius 3 is 1.82 bits per heavy atom. The highest BCUT2D eigenvalue weighted by molar-refractivity contribution is 5.84. The van der Waals surface area contributed by atoms with Gasteiger partial charge in [0.15, 0.2) is 6.29 Å². The van der Waals surface area contributed by atoms with Crippen LogP contribution in [0.4, 0.5) is 0 Å². The molecule has 0 bridgehead atoms. The quantitative estimate of drug-likeness (QED) is 0.429. The number of hydrogen-bond acceptors (Lipinski definition) is 3. The summed E-state index contributed by atoms with van der Waals surface area (Å²) in [6.07, 6.45) is -0.343. The van der Waals surface area contributed by atoms with Crippen LogP contribution in [0.3, 0.4) is 0 Å². The molecule has 2 atom stereocenters. The van der Waals surface area contributed by atoms with Gasteiger partial charge in [-0.1, -0.05) is 6.58 Å². The van der Waals surface area contributed by atoms with Crippen molar-refractivity contribution in [2.45, 2.75) is 26.2 Å². The van der Waals surface area contributed by atoms with Crippen LogP contribution in [0.25, 0.3) is 0 Å². The molecule has 11 heavy (non-hydrogen) atoms. The zero-order chi connectivity index (χ0) is 9.02. The summed E-state index contributed by atoms with van der Waals surface area (Å²) in [4.78, 5) is 9.60. The molecule has 2 unspecified atom stereocenters. The third-order valence-corrected chi connectivity index (χ3v) is 1.04.